The van der Waals surface area contributed by atoms with Crippen molar-refractivity contribution < 1.29 is 8.78 Å². The monoisotopic (exact) mass is 300 g/mol. The van der Waals surface area contributed by atoms with E-state index in [-0.39, 0.29) is 0 Å². The maximum atomic E-state index is 13.3. The summed E-state index contributed by atoms with van der Waals surface area (Å²) in [5, 5.41) is 4.76. The highest BCUT2D eigenvalue weighted by molar-refractivity contribution is 6.31. The normalized spacial score (nSPS) is 12.7. The first-order chi connectivity index (χ1) is 9.43. The van der Waals surface area contributed by atoms with Gasteiger partial charge in [-0.2, -0.15) is 5.10 Å². The van der Waals surface area contributed by atoms with Crippen LogP contribution in [-0.4, -0.2) is 9.78 Å². The molecule has 1 unspecified atom stereocenters. The van der Waals surface area contributed by atoms with Crippen LogP contribution in [0.15, 0.2) is 18.2 Å². The smallest absolute Gasteiger partial charge is 0.159 e. The van der Waals surface area contributed by atoms with E-state index in [1.807, 2.05) is 0 Å². The van der Waals surface area contributed by atoms with Crippen LogP contribution in [0.25, 0.3) is 0 Å². The molecule has 1 aromatic heterocycles. The number of halogens is 3. The summed E-state index contributed by atoms with van der Waals surface area (Å²) in [4.78, 5) is 0. The Labute approximate surface area is 120 Å². The first-order valence-corrected chi connectivity index (χ1v) is 6.41. The molecule has 0 aliphatic rings. The molecule has 0 aliphatic carbocycles. The molecule has 1 aromatic carbocycles. The van der Waals surface area contributed by atoms with E-state index in [0.717, 1.165) is 17.8 Å². The van der Waals surface area contributed by atoms with Crippen LogP contribution >= 0.6 is 11.6 Å². The second kappa shape index (κ2) is 5.87. The van der Waals surface area contributed by atoms with Crippen molar-refractivity contribution in [1.29, 1.82) is 0 Å². The number of aryl methyl sites for hydroxylation is 2. The number of aromatic nitrogens is 2. The minimum Gasteiger partial charge on any atom is -0.271 e. The lowest BCUT2D eigenvalue weighted by molar-refractivity contribution is 0.493. The Hall–Kier alpha value is -1.50. The Kier molecular flexibility index (Phi) is 4.37. The fraction of sp³-hybridized carbons (Fsp3) is 0.308. The molecular formula is C13H15ClF2N4. The third-order valence-corrected chi connectivity index (χ3v) is 3.70. The molecule has 1 heterocycles. The van der Waals surface area contributed by atoms with Crippen LogP contribution in [0.2, 0.25) is 5.02 Å². The van der Waals surface area contributed by atoms with Gasteiger partial charge in [-0.05, 0) is 24.6 Å². The molecule has 0 aliphatic heterocycles. The van der Waals surface area contributed by atoms with Crippen LogP contribution in [0, 0.1) is 18.6 Å². The van der Waals surface area contributed by atoms with Crippen LogP contribution < -0.4 is 11.3 Å². The molecule has 0 amide bonds. The van der Waals surface area contributed by atoms with Crippen LogP contribution in [0.3, 0.4) is 0 Å². The summed E-state index contributed by atoms with van der Waals surface area (Å²) in [6.45, 7) is 1.80. The Bertz CT molecular complexity index is 627. The summed E-state index contributed by atoms with van der Waals surface area (Å²) in [5.41, 5.74) is 4.62. The Morgan fingerprint density at radius 1 is 1.40 bits per heavy atom. The first-order valence-electron chi connectivity index (χ1n) is 6.03. The molecule has 2 aromatic rings. The van der Waals surface area contributed by atoms with Crippen molar-refractivity contribution in [3.63, 3.8) is 0 Å². The predicted octanol–water partition coefficient (Wildman–Crippen LogP) is 2.41. The van der Waals surface area contributed by atoms with Gasteiger partial charge in [-0.1, -0.05) is 17.7 Å². The van der Waals surface area contributed by atoms with E-state index < -0.39 is 17.7 Å². The minimum absolute atomic E-state index is 0.391. The van der Waals surface area contributed by atoms with Crippen LogP contribution in [0.5, 0.6) is 0 Å². The van der Waals surface area contributed by atoms with Gasteiger partial charge in [-0.3, -0.25) is 16.0 Å². The van der Waals surface area contributed by atoms with Crippen molar-refractivity contribution in [1.82, 2.24) is 15.2 Å². The van der Waals surface area contributed by atoms with Gasteiger partial charge in [0.05, 0.1) is 22.5 Å². The highest BCUT2D eigenvalue weighted by Crippen LogP contribution is 2.26. The quantitative estimate of drug-likeness (QED) is 0.673. The van der Waals surface area contributed by atoms with Crippen molar-refractivity contribution in [2.45, 2.75) is 19.4 Å². The van der Waals surface area contributed by atoms with Gasteiger partial charge in [0, 0.05) is 13.5 Å². The van der Waals surface area contributed by atoms with E-state index in [1.54, 1.807) is 18.7 Å². The molecule has 0 bridgehead atoms. The number of nitrogens with two attached hydrogens (primary N) is 1. The lowest BCUT2D eigenvalue weighted by atomic mass is 10.0. The number of hydrogen-bond acceptors (Lipinski definition) is 3. The molecule has 1 atom stereocenters. The lowest BCUT2D eigenvalue weighted by Crippen LogP contribution is -2.30. The van der Waals surface area contributed by atoms with Crippen molar-refractivity contribution in [2.24, 2.45) is 12.9 Å². The van der Waals surface area contributed by atoms with Crippen LogP contribution in [-0.2, 0) is 13.5 Å². The van der Waals surface area contributed by atoms with Gasteiger partial charge >= 0.3 is 0 Å². The molecule has 0 radical (unpaired) electrons. The molecule has 4 nitrogen and oxygen atoms in total. The topological polar surface area (TPSA) is 55.9 Å². The Balaban J connectivity index is 2.31. The molecular weight excluding hydrogens is 286 g/mol. The maximum Gasteiger partial charge on any atom is 0.159 e. The summed E-state index contributed by atoms with van der Waals surface area (Å²) < 4.78 is 27.9. The minimum atomic E-state index is -0.907. The van der Waals surface area contributed by atoms with Gasteiger partial charge in [0.2, 0.25) is 0 Å². The standard InChI is InChI=1S/C13H15ClF2N4/c1-7-13(14)12(20(2)19-7)6-11(18-17)8-3-4-9(15)10(16)5-8/h3-5,11,18H,6,17H2,1-2H3. The molecule has 20 heavy (non-hydrogen) atoms. The molecule has 2 rings (SSSR count). The van der Waals surface area contributed by atoms with E-state index in [9.17, 15) is 8.78 Å². The lowest BCUT2D eigenvalue weighted by Gasteiger charge is -2.17. The summed E-state index contributed by atoms with van der Waals surface area (Å²) in [6, 6.07) is 3.29. The molecule has 0 fully saturated rings. The zero-order valence-corrected chi connectivity index (χ0v) is 11.9. The van der Waals surface area contributed by atoms with E-state index in [4.69, 9.17) is 17.4 Å². The van der Waals surface area contributed by atoms with Crippen molar-refractivity contribution in [3.8, 4) is 0 Å². The summed E-state index contributed by atoms with van der Waals surface area (Å²) >= 11 is 6.17. The highest BCUT2D eigenvalue weighted by Gasteiger charge is 2.18. The van der Waals surface area contributed by atoms with Crippen molar-refractivity contribution >= 4 is 11.6 Å². The Morgan fingerprint density at radius 3 is 2.60 bits per heavy atom. The summed E-state index contributed by atoms with van der Waals surface area (Å²) in [6.07, 6.45) is 0.414. The average Bonchev–Trinajstić information content (AvgIpc) is 2.65. The van der Waals surface area contributed by atoms with Crippen LogP contribution in [0.1, 0.15) is 23.0 Å². The van der Waals surface area contributed by atoms with E-state index in [0.29, 0.717) is 22.7 Å². The van der Waals surface area contributed by atoms with E-state index in [1.165, 1.54) is 6.07 Å². The summed E-state index contributed by atoms with van der Waals surface area (Å²) in [5.74, 6) is 3.71. The average molecular weight is 301 g/mol. The molecule has 0 saturated carbocycles. The predicted molar refractivity (Wildman–Crippen MR) is 73.1 cm³/mol. The molecule has 108 valence electrons. The fourth-order valence-electron chi connectivity index (χ4n) is 2.10. The van der Waals surface area contributed by atoms with Gasteiger partial charge < -0.3 is 0 Å². The molecule has 3 N–H and O–H groups in total. The molecule has 7 heteroatoms. The van der Waals surface area contributed by atoms with Gasteiger partial charge in [0.1, 0.15) is 0 Å². The van der Waals surface area contributed by atoms with Crippen LogP contribution in [0.4, 0.5) is 8.78 Å². The number of nitrogens with zero attached hydrogens (tertiary/aromatic N) is 2. The number of benzene rings is 1. The largest absolute Gasteiger partial charge is 0.271 e. The molecule has 0 spiro atoms. The fourth-order valence-corrected chi connectivity index (χ4v) is 2.33. The first kappa shape index (κ1) is 14.9. The van der Waals surface area contributed by atoms with Gasteiger partial charge in [0.25, 0.3) is 0 Å². The zero-order valence-electron chi connectivity index (χ0n) is 11.1. The molecule has 0 saturated heterocycles. The number of nitrogens with one attached hydrogen (secondary N) is 1. The SMILES string of the molecule is Cc1nn(C)c(CC(NN)c2ccc(F)c(F)c2)c1Cl. The second-order valence-corrected chi connectivity index (χ2v) is 4.94. The highest BCUT2D eigenvalue weighted by atomic mass is 35.5. The van der Waals surface area contributed by atoms with Crippen molar-refractivity contribution in [3.05, 3.63) is 51.8 Å². The van der Waals surface area contributed by atoms with Gasteiger partial charge in [-0.25, -0.2) is 8.78 Å². The third kappa shape index (κ3) is 2.82. The van der Waals surface area contributed by atoms with E-state index >= 15 is 0 Å². The van der Waals surface area contributed by atoms with Gasteiger partial charge in [-0.15, -0.1) is 0 Å². The number of hydrogen-bond donors (Lipinski definition) is 2. The maximum absolute atomic E-state index is 13.3. The Morgan fingerprint density at radius 2 is 2.10 bits per heavy atom. The summed E-state index contributed by atoms with van der Waals surface area (Å²) in [7, 11) is 1.77. The third-order valence-electron chi connectivity index (χ3n) is 3.21. The number of rotatable bonds is 4. The second-order valence-electron chi connectivity index (χ2n) is 4.57. The zero-order chi connectivity index (χ0) is 14.9. The number of hydrazine groups is 1. The van der Waals surface area contributed by atoms with Gasteiger partial charge in [0.15, 0.2) is 11.6 Å². The van der Waals surface area contributed by atoms with E-state index in [2.05, 4.69) is 10.5 Å². The van der Waals surface area contributed by atoms with Crippen molar-refractivity contribution in [2.75, 3.05) is 0 Å².